The lowest BCUT2D eigenvalue weighted by Gasteiger charge is -2.35. The van der Waals surface area contributed by atoms with Gasteiger partial charge in [-0.3, -0.25) is 9.59 Å². The number of ether oxygens (including phenoxy) is 1. The quantitative estimate of drug-likeness (QED) is 0.464. The zero-order valence-electron chi connectivity index (χ0n) is 22.3. The molecule has 7 nitrogen and oxygen atoms in total. The molecule has 34 heavy (non-hydrogen) atoms. The Morgan fingerprint density at radius 3 is 2.24 bits per heavy atom. The normalized spacial score (nSPS) is 13.2. The maximum absolute atomic E-state index is 13.9. The number of carbonyl (C=O) groups is 3. The van der Waals surface area contributed by atoms with E-state index in [1.807, 2.05) is 59.1 Å². The Hall–Kier alpha value is -2.22. The van der Waals surface area contributed by atoms with E-state index >= 15 is 0 Å². The molecule has 192 valence electrons. The fourth-order valence-electron chi connectivity index (χ4n) is 3.52. The van der Waals surface area contributed by atoms with Crippen molar-refractivity contribution < 1.29 is 19.1 Å². The summed E-state index contributed by atoms with van der Waals surface area (Å²) in [6.07, 6.45) is 2.42. The van der Waals surface area contributed by atoms with Crippen LogP contribution >= 0.6 is 11.8 Å². The van der Waals surface area contributed by atoms with E-state index in [1.54, 1.807) is 37.4 Å². The van der Waals surface area contributed by atoms with Crippen LogP contribution in [0.25, 0.3) is 0 Å². The van der Waals surface area contributed by atoms with Crippen LogP contribution in [0.1, 0.15) is 77.1 Å². The number of benzene rings is 1. The average Bonchev–Trinajstić information content (AvgIpc) is 2.70. The van der Waals surface area contributed by atoms with Crippen LogP contribution in [-0.2, 0) is 14.3 Å². The van der Waals surface area contributed by atoms with Gasteiger partial charge in [0, 0.05) is 12.6 Å². The van der Waals surface area contributed by atoms with Gasteiger partial charge in [0.2, 0.25) is 11.8 Å². The van der Waals surface area contributed by atoms with Gasteiger partial charge in [-0.2, -0.15) is 11.8 Å². The molecule has 8 heteroatoms. The molecule has 2 unspecified atom stereocenters. The van der Waals surface area contributed by atoms with Gasteiger partial charge in [0.1, 0.15) is 17.7 Å². The molecular formula is C26H43N3O4S. The highest BCUT2D eigenvalue weighted by molar-refractivity contribution is 7.98. The Balaban J connectivity index is 3.42. The van der Waals surface area contributed by atoms with Crippen molar-refractivity contribution in [1.29, 1.82) is 0 Å². The second-order valence-corrected chi connectivity index (χ2v) is 10.9. The summed E-state index contributed by atoms with van der Waals surface area (Å²) in [5.74, 6) is 0.156. The zero-order valence-corrected chi connectivity index (χ0v) is 23.1. The molecule has 2 atom stereocenters. The van der Waals surface area contributed by atoms with Crippen molar-refractivity contribution in [3.8, 4) is 0 Å². The first-order valence-corrected chi connectivity index (χ1v) is 13.4. The van der Waals surface area contributed by atoms with E-state index in [1.165, 1.54) is 0 Å². The molecule has 1 aromatic carbocycles. The summed E-state index contributed by atoms with van der Waals surface area (Å²) >= 11 is 1.59. The summed E-state index contributed by atoms with van der Waals surface area (Å²) in [6.45, 7) is 15.5. The van der Waals surface area contributed by atoms with Gasteiger partial charge in [0.25, 0.3) is 0 Å². The van der Waals surface area contributed by atoms with Crippen molar-refractivity contribution in [3.63, 3.8) is 0 Å². The van der Waals surface area contributed by atoms with Crippen LogP contribution in [0.5, 0.6) is 0 Å². The standard InChI is InChI=1S/C26H43N3O4S/c1-10-14-29(24(31)21(13-15-34-9)28-25(32)33-26(6,7)8)22(23(30)27-17(2)3)20-12-11-18(4)19(5)16-20/h11-12,16-17,21-22H,10,13-15H2,1-9H3,(H,27,30)(H,28,32). The van der Waals surface area contributed by atoms with E-state index in [0.29, 0.717) is 25.1 Å². The number of hydrogen-bond acceptors (Lipinski definition) is 5. The van der Waals surface area contributed by atoms with E-state index in [-0.39, 0.29) is 17.9 Å². The summed E-state index contributed by atoms with van der Waals surface area (Å²) in [7, 11) is 0. The molecule has 3 amide bonds. The summed E-state index contributed by atoms with van der Waals surface area (Å²) in [5.41, 5.74) is 2.24. The number of carbonyl (C=O) groups excluding carboxylic acids is 3. The van der Waals surface area contributed by atoms with Crippen LogP contribution in [-0.4, -0.2) is 59.0 Å². The molecule has 2 N–H and O–H groups in total. The first-order valence-electron chi connectivity index (χ1n) is 12.0. The summed E-state index contributed by atoms with van der Waals surface area (Å²) < 4.78 is 5.41. The van der Waals surface area contributed by atoms with Gasteiger partial charge in [-0.15, -0.1) is 0 Å². The smallest absolute Gasteiger partial charge is 0.408 e. The number of nitrogens with one attached hydrogen (secondary N) is 2. The maximum atomic E-state index is 13.9. The summed E-state index contributed by atoms with van der Waals surface area (Å²) in [4.78, 5) is 41.4. The van der Waals surface area contributed by atoms with E-state index in [2.05, 4.69) is 10.6 Å². The summed E-state index contributed by atoms with van der Waals surface area (Å²) in [6, 6.07) is 4.17. The Kier molecular flexibility index (Phi) is 11.9. The highest BCUT2D eigenvalue weighted by Crippen LogP contribution is 2.26. The van der Waals surface area contributed by atoms with Gasteiger partial charge in [0.15, 0.2) is 0 Å². The lowest BCUT2D eigenvalue weighted by molar-refractivity contribution is -0.142. The van der Waals surface area contributed by atoms with Gasteiger partial charge < -0.3 is 20.3 Å². The van der Waals surface area contributed by atoms with E-state index in [9.17, 15) is 14.4 Å². The Morgan fingerprint density at radius 1 is 1.09 bits per heavy atom. The van der Waals surface area contributed by atoms with Crippen LogP contribution in [0, 0.1) is 13.8 Å². The van der Waals surface area contributed by atoms with Crippen LogP contribution < -0.4 is 10.6 Å². The molecule has 0 saturated heterocycles. The molecule has 0 radical (unpaired) electrons. The number of aryl methyl sites for hydroxylation is 2. The van der Waals surface area contributed by atoms with Crippen molar-refractivity contribution in [1.82, 2.24) is 15.5 Å². The van der Waals surface area contributed by atoms with Gasteiger partial charge >= 0.3 is 6.09 Å². The minimum Gasteiger partial charge on any atom is -0.444 e. The van der Waals surface area contributed by atoms with Crippen LogP contribution in [0.15, 0.2) is 18.2 Å². The third kappa shape index (κ3) is 9.57. The minimum absolute atomic E-state index is 0.0766. The number of alkyl carbamates (subject to hydrolysis) is 1. The minimum atomic E-state index is -0.800. The fourth-order valence-corrected chi connectivity index (χ4v) is 3.99. The van der Waals surface area contributed by atoms with Crippen molar-refractivity contribution >= 4 is 29.7 Å². The van der Waals surface area contributed by atoms with E-state index in [0.717, 1.165) is 16.7 Å². The molecule has 1 aromatic rings. The van der Waals surface area contributed by atoms with E-state index in [4.69, 9.17) is 4.74 Å². The van der Waals surface area contributed by atoms with Crippen molar-refractivity contribution in [2.75, 3.05) is 18.6 Å². The Labute approximate surface area is 209 Å². The highest BCUT2D eigenvalue weighted by Gasteiger charge is 2.36. The topological polar surface area (TPSA) is 87.7 Å². The molecule has 0 heterocycles. The second-order valence-electron chi connectivity index (χ2n) is 9.92. The molecule has 0 aromatic heterocycles. The monoisotopic (exact) mass is 493 g/mol. The Bertz CT molecular complexity index is 836. The van der Waals surface area contributed by atoms with E-state index < -0.39 is 23.8 Å². The number of hydrogen-bond donors (Lipinski definition) is 2. The number of rotatable bonds is 11. The third-order valence-corrected chi connectivity index (χ3v) is 5.83. The van der Waals surface area contributed by atoms with Crippen LogP contribution in [0.2, 0.25) is 0 Å². The molecule has 0 bridgehead atoms. The second kappa shape index (κ2) is 13.6. The van der Waals surface area contributed by atoms with Crippen molar-refractivity contribution in [2.45, 2.75) is 92.0 Å². The van der Waals surface area contributed by atoms with Crippen LogP contribution in [0.4, 0.5) is 4.79 Å². The lowest BCUT2D eigenvalue weighted by Crippen LogP contribution is -2.53. The molecule has 0 aliphatic heterocycles. The molecular weight excluding hydrogens is 450 g/mol. The van der Waals surface area contributed by atoms with Gasteiger partial charge in [-0.1, -0.05) is 25.1 Å². The third-order valence-electron chi connectivity index (χ3n) is 5.18. The fraction of sp³-hybridized carbons (Fsp3) is 0.654. The molecule has 0 fully saturated rings. The molecule has 0 aliphatic carbocycles. The molecule has 1 rings (SSSR count). The molecule has 0 saturated carbocycles. The zero-order chi connectivity index (χ0) is 26.1. The lowest BCUT2D eigenvalue weighted by atomic mass is 9.98. The number of amides is 3. The number of nitrogens with zero attached hydrogens (tertiary/aromatic N) is 1. The SMILES string of the molecule is CCCN(C(=O)C(CCSC)NC(=O)OC(C)(C)C)C(C(=O)NC(C)C)c1ccc(C)c(C)c1. The first-order chi connectivity index (χ1) is 15.8. The first kappa shape index (κ1) is 29.8. The highest BCUT2D eigenvalue weighted by atomic mass is 32.2. The van der Waals surface area contributed by atoms with Gasteiger partial charge in [-0.05, 0) is 90.0 Å². The predicted octanol–water partition coefficient (Wildman–Crippen LogP) is 4.75. The summed E-state index contributed by atoms with van der Waals surface area (Å²) in [5, 5.41) is 5.73. The average molecular weight is 494 g/mol. The van der Waals surface area contributed by atoms with Gasteiger partial charge in [-0.25, -0.2) is 4.79 Å². The molecule has 0 aliphatic rings. The number of thioether (sulfide) groups is 1. The Morgan fingerprint density at radius 2 is 1.74 bits per heavy atom. The predicted molar refractivity (Wildman–Crippen MR) is 140 cm³/mol. The molecule has 0 spiro atoms. The maximum Gasteiger partial charge on any atom is 0.408 e. The largest absolute Gasteiger partial charge is 0.444 e. The van der Waals surface area contributed by atoms with Crippen molar-refractivity contribution in [3.05, 3.63) is 34.9 Å². The van der Waals surface area contributed by atoms with Gasteiger partial charge in [0.05, 0.1) is 0 Å². The van der Waals surface area contributed by atoms with Crippen LogP contribution in [0.3, 0.4) is 0 Å². The van der Waals surface area contributed by atoms with Crippen molar-refractivity contribution in [2.24, 2.45) is 0 Å².